The number of nitrogens with zero attached hydrogens (tertiary/aromatic N) is 2. The second-order valence-corrected chi connectivity index (χ2v) is 1.87. The van der Waals surface area contributed by atoms with Crippen molar-refractivity contribution in [3.05, 3.63) is 23.2 Å². The van der Waals surface area contributed by atoms with Crippen molar-refractivity contribution in [3.63, 3.8) is 0 Å². The van der Waals surface area contributed by atoms with Gasteiger partial charge in [-0.15, -0.1) is 0 Å². The van der Waals surface area contributed by atoms with Crippen LogP contribution in [0.4, 0.5) is 0 Å². The van der Waals surface area contributed by atoms with E-state index in [0.717, 1.165) is 12.5 Å². The highest BCUT2D eigenvalue weighted by molar-refractivity contribution is 6.32. The van der Waals surface area contributed by atoms with E-state index in [1.54, 1.807) is 0 Å². The zero-order valence-electron chi connectivity index (χ0n) is 4.74. The monoisotopic (exact) mass is 157 g/mol. The number of aromatic carboxylic acids is 1. The molecule has 0 atom stereocenters. The molecular formula is C5H2ClN2O2-. The third kappa shape index (κ3) is 1.22. The number of aromatic nitrogens is 2. The minimum atomic E-state index is -1.37. The standard InChI is InChI=1S/C5H3ClN2O2/c6-4-3(5(9)10)1-7-2-8-4/h1-2H,(H,9,10)/p-1. The fourth-order valence-corrected chi connectivity index (χ4v) is 0.621. The average molecular weight is 158 g/mol. The molecule has 1 heterocycles. The minimum Gasteiger partial charge on any atom is -0.545 e. The molecule has 0 amide bonds. The van der Waals surface area contributed by atoms with Gasteiger partial charge in [0.25, 0.3) is 0 Å². The summed E-state index contributed by atoms with van der Waals surface area (Å²) < 4.78 is 0. The van der Waals surface area contributed by atoms with E-state index in [9.17, 15) is 9.90 Å². The van der Waals surface area contributed by atoms with E-state index < -0.39 is 5.97 Å². The lowest BCUT2D eigenvalue weighted by atomic mass is 10.3. The van der Waals surface area contributed by atoms with Crippen molar-refractivity contribution in [3.8, 4) is 0 Å². The minimum absolute atomic E-state index is 0.102. The van der Waals surface area contributed by atoms with Crippen LogP contribution in [-0.4, -0.2) is 15.9 Å². The number of carbonyl (C=O) groups excluding carboxylic acids is 1. The van der Waals surface area contributed by atoms with E-state index >= 15 is 0 Å². The van der Waals surface area contributed by atoms with Crippen molar-refractivity contribution in [2.24, 2.45) is 0 Å². The van der Waals surface area contributed by atoms with Crippen molar-refractivity contribution in [1.82, 2.24) is 9.97 Å². The van der Waals surface area contributed by atoms with E-state index in [0.29, 0.717) is 0 Å². The molecule has 0 radical (unpaired) electrons. The van der Waals surface area contributed by atoms with Gasteiger partial charge in [0, 0.05) is 6.20 Å². The number of carboxylic acid groups (broad SMARTS) is 1. The summed E-state index contributed by atoms with van der Waals surface area (Å²) in [5, 5.41) is 10.0. The summed E-state index contributed by atoms with van der Waals surface area (Å²) in [6.07, 6.45) is 2.25. The van der Waals surface area contributed by atoms with Gasteiger partial charge in [-0.25, -0.2) is 9.97 Å². The third-order valence-corrected chi connectivity index (χ3v) is 1.18. The number of carboxylic acids is 1. The molecule has 0 fully saturated rings. The maximum absolute atomic E-state index is 10.1. The fraction of sp³-hybridized carbons (Fsp3) is 0. The first-order valence-corrected chi connectivity index (χ1v) is 2.76. The van der Waals surface area contributed by atoms with Crippen LogP contribution < -0.4 is 5.11 Å². The summed E-state index contributed by atoms with van der Waals surface area (Å²) in [5.74, 6) is -1.37. The maximum Gasteiger partial charge on any atom is 0.141 e. The molecule has 4 nitrogen and oxygen atoms in total. The second kappa shape index (κ2) is 2.62. The number of hydrogen-bond donors (Lipinski definition) is 0. The number of carbonyl (C=O) groups is 1. The highest BCUT2D eigenvalue weighted by Gasteiger charge is 1.99. The lowest BCUT2D eigenvalue weighted by Gasteiger charge is -2.00. The Hall–Kier alpha value is -1.16. The highest BCUT2D eigenvalue weighted by Crippen LogP contribution is 2.07. The SMILES string of the molecule is O=C([O-])c1cncnc1Cl. The van der Waals surface area contributed by atoms with Crippen molar-refractivity contribution in [2.45, 2.75) is 0 Å². The Bertz CT molecular complexity index is 264. The van der Waals surface area contributed by atoms with Crippen LogP contribution in [-0.2, 0) is 0 Å². The van der Waals surface area contributed by atoms with Crippen LogP contribution >= 0.6 is 11.6 Å². The first-order chi connectivity index (χ1) is 4.72. The molecule has 5 heteroatoms. The van der Waals surface area contributed by atoms with Gasteiger partial charge in [-0.3, -0.25) is 0 Å². The smallest absolute Gasteiger partial charge is 0.141 e. The molecule has 1 aromatic heterocycles. The normalized spacial score (nSPS) is 9.30. The van der Waals surface area contributed by atoms with Gasteiger partial charge in [0.15, 0.2) is 0 Å². The topological polar surface area (TPSA) is 65.9 Å². The molecule has 0 aliphatic rings. The van der Waals surface area contributed by atoms with Gasteiger partial charge in [-0.2, -0.15) is 0 Å². The summed E-state index contributed by atoms with van der Waals surface area (Å²) >= 11 is 5.35. The van der Waals surface area contributed by atoms with Crippen molar-refractivity contribution >= 4 is 17.6 Å². The van der Waals surface area contributed by atoms with E-state index in [-0.39, 0.29) is 10.7 Å². The summed E-state index contributed by atoms with van der Waals surface area (Å²) in [6, 6.07) is 0. The lowest BCUT2D eigenvalue weighted by Crippen LogP contribution is -2.23. The molecule has 0 aliphatic heterocycles. The molecule has 0 N–H and O–H groups in total. The van der Waals surface area contributed by atoms with Crippen molar-refractivity contribution in [2.75, 3.05) is 0 Å². The Kier molecular flexibility index (Phi) is 1.82. The van der Waals surface area contributed by atoms with Gasteiger partial charge in [-0.1, -0.05) is 11.6 Å². The Morgan fingerprint density at radius 1 is 1.70 bits per heavy atom. The highest BCUT2D eigenvalue weighted by atomic mass is 35.5. The zero-order valence-corrected chi connectivity index (χ0v) is 5.50. The molecule has 0 aliphatic carbocycles. The van der Waals surface area contributed by atoms with Crippen LogP contribution in [0, 0.1) is 0 Å². The summed E-state index contributed by atoms with van der Waals surface area (Å²) in [4.78, 5) is 17.0. The van der Waals surface area contributed by atoms with Crippen LogP contribution in [0.2, 0.25) is 5.15 Å². The molecule has 10 heavy (non-hydrogen) atoms. The van der Waals surface area contributed by atoms with Gasteiger partial charge in [0.1, 0.15) is 11.5 Å². The van der Waals surface area contributed by atoms with Crippen LogP contribution in [0.1, 0.15) is 10.4 Å². The van der Waals surface area contributed by atoms with Crippen LogP contribution in [0.5, 0.6) is 0 Å². The molecule has 0 bridgehead atoms. The largest absolute Gasteiger partial charge is 0.545 e. The van der Waals surface area contributed by atoms with Gasteiger partial charge >= 0.3 is 0 Å². The Morgan fingerprint density at radius 2 is 2.40 bits per heavy atom. The van der Waals surface area contributed by atoms with Crippen molar-refractivity contribution in [1.29, 1.82) is 0 Å². The molecule has 1 aromatic rings. The first-order valence-electron chi connectivity index (χ1n) is 2.38. The van der Waals surface area contributed by atoms with Crippen LogP contribution in [0.15, 0.2) is 12.5 Å². The number of hydrogen-bond acceptors (Lipinski definition) is 4. The van der Waals surface area contributed by atoms with E-state index in [1.807, 2.05) is 0 Å². The molecule has 1 rings (SSSR count). The second-order valence-electron chi connectivity index (χ2n) is 1.51. The molecule has 52 valence electrons. The predicted molar refractivity (Wildman–Crippen MR) is 31.4 cm³/mol. The number of rotatable bonds is 1. The lowest BCUT2D eigenvalue weighted by molar-refractivity contribution is -0.255. The Balaban J connectivity index is 3.15. The van der Waals surface area contributed by atoms with Crippen LogP contribution in [0.25, 0.3) is 0 Å². The van der Waals surface area contributed by atoms with E-state index in [2.05, 4.69) is 9.97 Å². The molecule has 0 aromatic carbocycles. The molecular weight excluding hydrogens is 156 g/mol. The van der Waals surface area contributed by atoms with E-state index in [4.69, 9.17) is 11.6 Å². The quantitative estimate of drug-likeness (QED) is 0.515. The predicted octanol–water partition coefficient (Wildman–Crippen LogP) is -0.507. The Labute approximate surface area is 61.5 Å². The fourth-order valence-electron chi connectivity index (χ4n) is 0.452. The maximum atomic E-state index is 10.1. The van der Waals surface area contributed by atoms with Gasteiger partial charge in [0.05, 0.1) is 11.5 Å². The number of halogens is 1. The van der Waals surface area contributed by atoms with Gasteiger partial charge in [-0.05, 0) is 0 Å². The van der Waals surface area contributed by atoms with Gasteiger partial charge < -0.3 is 9.90 Å². The summed E-state index contributed by atoms with van der Waals surface area (Å²) in [7, 11) is 0. The summed E-state index contributed by atoms with van der Waals surface area (Å²) in [6.45, 7) is 0. The zero-order chi connectivity index (χ0) is 7.56. The third-order valence-electron chi connectivity index (χ3n) is 0.884. The van der Waals surface area contributed by atoms with E-state index in [1.165, 1.54) is 0 Å². The average Bonchev–Trinajstić information content (AvgIpc) is 1.88. The molecule has 0 saturated heterocycles. The Morgan fingerprint density at radius 3 is 2.80 bits per heavy atom. The first kappa shape index (κ1) is 6.95. The summed E-state index contributed by atoms with van der Waals surface area (Å²) in [5.41, 5.74) is -0.191. The van der Waals surface area contributed by atoms with Crippen molar-refractivity contribution < 1.29 is 9.90 Å². The van der Waals surface area contributed by atoms with Gasteiger partial charge in [0.2, 0.25) is 0 Å². The molecule has 0 unspecified atom stereocenters. The molecule has 0 spiro atoms. The molecule has 0 saturated carbocycles. The van der Waals surface area contributed by atoms with Crippen LogP contribution in [0.3, 0.4) is 0 Å².